The summed E-state index contributed by atoms with van der Waals surface area (Å²) in [5.41, 5.74) is 6.51. The first kappa shape index (κ1) is 18.5. The number of hydrogen-bond donors (Lipinski definition) is 2. The van der Waals surface area contributed by atoms with Gasteiger partial charge in [0, 0.05) is 32.6 Å². The van der Waals surface area contributed by atoms with E-state index in [4.69, 9.17) is 19.9 Å². The maximum absolute atomic E-state index is 11.8. The predicted molar refractivity (Wildman–Crippen MR) is 91.4 cm³/mol. The monoisotopic (exact) mass is 337 g/mol. The summed E-state index contributed by atoms with van der Waals surface area (Å²) in [4.78, 5) is 14.1. The van der Waals surface area contributed by atoms with E-state index in [1.807, 2.05) is 18.2 Å². The third-order valence-electron chi connectivity index (χ3n) is 4.14. The molecule has 1 fully saturated rings. The number of amides is 1. The second-order valence-corrected chi connectivity index (χ2v) is 5.62. The molecule has 1 aromatic rings. The molecule has 0 radical (unpaired) electrons. The molecule has 0 bridgehead atoms. The van der Waals surface area contributed by atoms with Crippen molar-refractivity contribution < 1.29 is 19.0 Å². The zero-order valence-corrected chi connectivity index (χ0v) is 14.4. The van der Waals surface area contributed by atoms with Gasteiger partial charge in [0.1, 0.15) is 0 Å². The molecule has 1 aliphatic heterocycles. The maximum Gasteiger partial charge on any atom is 0.221 e. The van der Waals surface area contributed by atoms with Crippen LogP contribution in [0, 0.1) is 0 Å². The highest BCUT2D eigenvalue weighted by molar-refractivity contribution is 5.76. The van der Waals surface area contributed by atoms with Crippen molar-refractivity contribution in [3.05, 3.63) is 23.8 Å². The van der Waals surface area contributed by atoms with Gasteiger partial charge in [-0.2, -0.15) is 0 Å². The van der Waals surface area contributed by atoms with Crippen molar-refractivity contribution in [1.82, 2.24) is 10.2 Å². The van der Waals surface area contributed by atoms with Crippen molar-refractivity contribution in [2.45, 2.75) is 12.5 Å². The molecule has 0 spiro atoms. The molecule has 2 rings (SSSR count). The molecule has 1 heterocycles. The molecule has 1 amide bonds. The smallest absolute Gasteiger partial charge is 0.221 e. The van der Waals surface area contributed by atoms with Crippen LogP contribution in [0.3, 0.4) is 0 Å². The zero-order chi connectivity index (χ0) is 17.4. The van der Waals surface area contributed by atoms with E-state index < -0.39 is 0 Å². The zero-order valence-electron chi connectivity index (χ0n) is 14.4. The Morgan fingerprint density at radius 2 is 2.00 bits per heavy atom. The summed E-state index contributed by atoms with van der Waals surface area (Å²) < 4.78 is 16.2. The second-order valence-electron chi connectivity index (χ2n) is 5.62. The molecule has 1 saturated heterocycles. The van der Waals surface area contributed by atoms with Gasteiger partial charge in [-0.05, 0) is 17.7 Å². The molecular weight excluding hydrogens is 310 g/mol. The average Bonchev–Trinajstić information content (AvgIpc) is 2.62. The number of hydrogen-bond acceptors (Lipinski definition) is 6. The number of nitrogens with one attached hydrogen (secondary N) is 1. The van der Waals surface area contributed by atoms with Crippen molar-refractivity contribution in [2.75, 3.05) is 53.6 Å². The average molecular weight is 337 g/mol. The van der Waals surface area contributed by atoms with E-state index in [0.717, 1.165) is 18.7 Å². The van der Waals surface area contributed by atoms with Crippen molar-refractivity contribution in [2.24, 2.45) is 5.73 Å². The number of ether oxygens (including phenoxy) is 3. The van der Waals surface area contributed by atoms with Gasteiger partial charge in [0.15, 0.2) is 11.5 Å². The summed E-state index contributed by atoms with van der Waals surface area (Å²) in [5, 5.41) is 2.97. The third-order valence-corrected chi connectivity index (χ3v) is 4.14. The Morgan fingerprint density at radius 1 is 1.29 bits per heavy atom. The number of methoxy groups -OCH3 is 2. The first-order valence-electron chi connectivity index (χ1n) is 8.20. The largest absolute Gasteiger partial charge is 0.493 e. The van der Waals surface area contributed by atoms with Crippen LogP contribution in [0.25, 0.3) is 0 Å². The number of carbonyl (C=O) groups is 1. The van der Waals surface area contributed by atoms with Crippen LogP contribution in [0.2, 0.25) is 0 Å². The van der Waals surface area contributed by atoms with Gasteiger partial charge in [0.2, 0.25) is 5.91 Å². The van der Waals surface area contributed by atoms with E-state index in [0.29, 0.717) is 44.2 Å². The Labute approximate surface area is 143 Å². The molecule has 1 atom stereocenters. The van der Waals surface area contributed by atoms with Gasteiger partial charge in [0.05, 0.1) is 33.5 Å². The van der Waals surface area contributed by atoms with Gasteiger partial charge in [-0.3, -0.25) is 9.69 Å². The summed E-state index contributed by atoms with van der Waals surface area (Å²) in [7, 11) is 3.23. The van der Waals surface area contributed by atoms with Gasteiger partial charge < -0.3 is 25.3 Å². The molecule has 0 saturated carbocycles. The summed E-state index contributed by atoms with van der Waals surface area (Å²) in [6.07, 6.45) is 0.335. The van der Waals surface area contributed by atoms with Crippen molar-refractivity contribution >= 4 is 5.91 Å². The summed E-state index contributed by atoms with van der Waals surface area (Å²) in [6, 6.07) is 5.92. The van der Waals surface area contributed by atoms with E-state index in [9.17, 15) is 4.79 Å². The molecule has 24 heavy (non-hydrogen) atoms. The van der Waals surface area contributed by atoms with Gasteiger partial charge in [-0.25, -0.2) is 0 Å². The van der Waals surface area contributed by atoms with Crippen LogP contribution in [0.5, 0.6) is 11.5 Å². The Balaban J connectivity index is 2.18. The highest BCUT2D eigenvalue weighted by Crippen LogP contribution is 2.32. The van der Waals surface area contributed by atoms with Crippen LogP contribution >= 0.6 is 0 Å². The molecule has 3 N–H and O–H groups in total. The number of carbonyl (C=O) groups excluding carboxylic acids is 1. The standard InChI is InChI=1S/C17H27N3O4/c1-22-15-4-3-13(11-16(15)23-2)14(12-19-17(21)5-6-18)20-7-9-24-10-8-20/h3-4,11,14H,5-10,12,18H2,1-2H3,(H,19,21). The summed E-state index contributed by atoms with van der Waals surface area (Å²) in [5.74, 6) is 1.34. The lowest BCUT2D eigenvalue weighted by Gasteiger charge is -2.35. The van der Waals surface area contributed by atoms with Crippen LogP contribution in [0.4, 0.5) is 0 Å². The lowest BCUT2D eigenvalue weighted by atomic mass is 10.0. The summed E-state index contributed by atoms with van der Waals surface area (Å²) >= 11 is 0. The molecule has 1 aromatic carbocycles. The number of morpholine rings is 1. The molecule has 134 valence electrons. The molecule has 7 nitrogen and oxygen atoms in total. The lowest BCUT2D eigenvalue weighted by Crippen LogP contribution is -2.44. The van der Waals surface area contributed by atoms with Crippen molar-refractivity contribution in [3.63, 3.8) is 0 Å². The molecule has 7 heteroatoms. The van der Waals surface area contributed by atoms with Crippen molar-refractivity contribution in [3.8, 4) is 11.5 Å². The van der Waals surface area contributed by atoms with E-state index in [-0.39, 0.29) is 11.9 Å². The number of rotatable bonds is 8. The minimum absolute atomic E-state index is 0.0313. The topological polar surface area (TPSA) is 86.0 Å². The van der Waals surface area contributed by atoms with Gasteiger partial charge >= 0.3 is 0 Å². The Hall–Kier alpha value is -1.83. The fourth-order valence-corrected chi connectivity index (χ4v) is 2.84. The third kappa shape index (κ3) is 4.83. The van der Waals surface area contributed by atoms with E-state index >= 15 is 0 Å². The van der Waals surface area contributed by atoms with Gasteiger partial charge in [-0.1, -0.05) is 6.07 Å². The fourth-order valence-electron chi connectivity index (χ4n) is 2.84. The molecule has 0 aromatic heterocycles. The number of nitrogens with two attached hydrogens (primary N) is 1. The highest BCUT2D eigenvalue weighted by atomic mass is 16.5. The van der Waals surface area contributed by atoms with Gasteiger partial charge in [0.25, 0.3) is 0 Å². The van der Waals surface area contributed by atoms with E-state index in [1.54, 1.807) is 14.2 Å². The molecule has 0 aliphatic carbocycles. The van der Waals surface area contributed by atoms with E-state index in [2.05, 4.69) is 10.2 Å². The van der Waals surface area contributed by atoms with Crippen LogP contribution in [0.1, 0.15) is 18.0 Å². The minimum Gasteiger partial charge on any atom is -0.493 e. The highest BCUT2D eigenvalue weighted by Gasteiger charge is 2.24. The first-order chi connectivity index (χ1) is 11.7. The Morgan fingerprint density at radius 3 is 2.62 bits per heavy atom. The quantitative estimate of drug-likeness (QED) is 0.720. The van der Waals surface area contributed by atoms with Crippen LogP contribution < -0.4 is 20.5 Å². The van der Waals surface area contributed by atoms with E-state index in [1.165, 1.54) is 0 Å². The SMILES string of the molecule is COc1ccc(C(CNC(=O)CCN)N2CCOCC2)cc1OC. The second kappa shape index (κ2) is 9.46. The normalized spacial score (nSPS) is 16.5. The van der Waals surface area contributed by atoms with Crippen molar-refractivity contribution in [1.29, 1.82) is 0 Å². The van der Waals surface area contributed by atoms with Gasteiger partial charge in [-0.15, -0.1) is 0 Å². The predicted octanol–water partition coefficient (Wildman–Crippen LogP) is 0.542. The number of nitrogens with zero attached hydrogens (tertiary/aromatic N) is 1. The molecule has 1 unspecified atom stereocenters. The van der Waals surface area contributed by atoms with Crippen LogP contribution in [-0.2, 0) is 9.53 Å². The first-order valence-corrected chi connectivity index (χ1v) is 8.20. The van der Waals surface area contributed by atoms with Crippen LogP contribution in [0.15, 0.2) is 18.2 Å². The summed E-state index contributed by atoms with van der Waals surface area (Å²) in [6.45, 7) is 3.91. The Bertz CT molecular complexity index is 533. The molecular formula is C17H27N3O4. The minimum atomic E-state index is -0.0313. The van der Waals surface area contributed by atoms with Crippen LogP contribution in [-0.4, -0.2) is 64.4 Å². The maximum atomic E-state index is 11.8. The Kier molecular flexibility index (Phi) is 7.30. The fraction of sp³-hybridized carbons (Fsp3) is 0.588. The number of benzene rings is 1. The molecule has 1 aliphatic rings. The lowest BCUT2D eigenvalue weighted by molar-refractivity contribution is -0.121.